The van der Waals surface area contributed by atoms with Crippen molar-refractivity contribution < 1.29 is 9.90 Å². The number of carbonyl (C=O) groups excluding carboxylic acids is 1. The molecule has 1 aromatic carbocycles. The molecule has 4 nitrogen and oxygen atoms in total. The Morgan fingerprint density at radius 3 is 2.46 bits per heavy atom. The van der Waals surface area contributed by atoms with E-state index < -0.39 is 0 Å². The summed E-state index contributed by atoms with van der Waals surface area (Å²) in [4.78, 5) is 14.8. The Balaban J connectivity index is 1.72. The third kappa shape index (κ3) is 3.86. The maximum atomic E-state index is 12.8. The van der Waals surface area contributed by atoms with Gasteiger partial charge in [0.25, 0.3) is 0 Å². The van der Waals surface area contributed by atoms with E-state index in [1.54, 1.807) is 0 Å². The van der Waals surface area contributed by atoms with Crippen LogP contribution in [0.15, 0.2) is 30.3 Å². The molecule has 0 bridgehead atoms. The van der Waals surface area contributed by atoms with Crippen molar-refractivity contribution in [2.24, 2.45) is 5.92 Å². The number of hydrogen-bond donors (Lipinski definition) is 2. The molecule has 1 aliphatic heterocycles. The van der Waals surface area contributed by atoms with Gasteiger partial charge in [0, 0.05) is 36.5 Å². The van der Waals surface area contributed by atoms with Gasteiger partial charge in [-0.15, -0.1) is 0 Å². The smallest absolute Gasteiger partial charge is 0.225 e. The highest BCUT2D eigenvalue weighted by Gasteiger charge is 2.43. The molecule has 1 aromatic rings. The van der Waals surface area contributed by atoms with Crippen molar-refractivity contribution in [2.75, 3.05) is 13.2 Å². The van der Waals surface area contributed by atoms with E-state index in [4.69, 9.17) is 0 Å². The van der Waals surface area contributed by atoms with Crippen LogP contribution in [-0.2, 0) is 4.79 Å². The lowest BCUT2D eigenvalue weighted by Gasteiger charge is -2.49. The van der Waals surface area contributed by atoms with Gasteiger partial charge in [-0.25, -0.2) is 0 Å². The van der Waals surface area contributed by atoms with Gasteiger partial charge in [0.2, 0.25) is 5.91 Å². The second-order valence-corrected chi connectivity index (χ2v) is 7.97. The molecule has 1 heterocycles. The normalized spacial score (nSPS) is 26.0. The van der Waals surface area contributed by atoms with Gasteiger partial charge >= 0.3 is 0 Å². The third-order valence-corrected chi connectivity index (χ3v) is 5.93. The number of aliphatic hydroxyl groups is 1. The van der Waals surface area contributed by atoms with Gasteiger partial charge in [-0.3, -0.25) is 4.79 Å². The average molecular weight is 357 g/mol. The van der Waals surface area contributed by atoms with E-state index in [1.165, 1.54) is 17.5 Å². The largest absolute Gasteiger partial charge is 0.395 e. The Morgan fingerprint density at radius 2 is 1.96 bits per heavy atom. The van der Waals surface area contributed by atoms with E-state index in [0.29, 0.717) is 12.5 Å². The van der Waals surface area contributed by atoms with Gasteiger partial charge in [-0.1, -0.05) is 42.8 Å². The number of amides is 1. The number of nitrogens with zero attached hydrogens (tertiary/aromatic N) is 1. The van der Waals surface area contributed by atoms with Crippen LogP contribution in [0.25, 0.3) is 6.08 Å². The van der Waals surface area contributed by atoms with E-state index in [0.717, 1.165) is 12.8 Å². The molecule has 0 unspecified atom stereocenters. The van der Waals surface area contributed by atoms with Crippen LogP contribution < -0.4 is 5.32 Å². The maximum Gasteiger partial charge on any atom is 0.225 e. The predicted octanol–water partition coefficient (Wildman–Crippen LogP) is 3.17. The fourth-order valence-electron chi connectivity index (χ4n) is 4.12. The van der Waals surface area contributed by atoms with Gasteiger partial charge in [-0.05, 0) is 44.7 Å². The molecule has 2 N–H and O–H groups in total. The second-order valence-electron chi connectivity index (χ2n) is 7.97. The molecule has 1 amide bonds. The summed E-state index contributed by atoms with van der Waals surface area (Å²) in [6.45, 7) is 7.04. The summed E-state index contributed by atoms with van der Waals surface area (Å²) in [7, 11) is 0. The Labute approximate surface area is 157 Å². The molecular weight excluding hydrogens is 324 g/mol. The first-order valence-electron chi connectivity index (χ1n) is 9.95. The summed E-state index contributed by atoms with van der Waals surface area (Å²) >= 11 is 0. The van der Waals surface area contributed by atoms with Crippen LogP contribution in [0, 0.1) is 5.92 Å². The molecule has 1 saturated carbocycles. The molecular formula is C22H32N2O2. The van der Waals surface area contributed by atoms with Gasteiger partial charge < -0.3 is 15.3 Å². The summed E-state index contributed by atoms with van der Waals surface area (Å²) in [5.41, 5.74) is 2.42. The molecule has 0 radical (unpaired) electrons. The number of rotatable bonds is 7. The van der Waals surface area contributed by atoms with Crippen LogP contribution in [-0.4, -0.2) is 47.2 Å². The molecule has 1 aliphatic carbocycles. The topological polar surface area (TPSA) is 52.6 Å². The first kappa shape index (κ1) is 19.1. The van der Waals surface area contributed by atoms with Crippen LogP contribution in [0.2, 0.25) is 0 Å². The summed E-state index contributed by atoms with van der Waals surface area (Å²) in [6.07, 6.45) is 7.37. The lowest BCUT2D eigenvalue weighted by atomic mass is 9.76. The van der Waals surface area contributed by atoms with Crippen molar-refractivity contribution in [3.63, 3.8) is 0 Å². The minimum atomic E-state index is 0.0698. The zero-order valence-electron chi connectivity index (χ0n) is 16.2. The van der Waals surface area contributed by atoms with E-state index in [1.807, 2.05) is 17.9 Å². The number of nitrogens with one attached hydrogen (secondary N) is 1. The van der Waals surface area contributed by atoms with Crippen molar-refractivity contribution in [1.29, 1.82) is 0 Å². The monoisotopic (exact) mass is 356 g/mol. The second kappa shape index (κ2) is 8.36. The molecule has 3 rings (SSSR count). The number of hydrogen-bond acceptors (Lipinski definition) is 3. The quantitative estimate of drug-likeness (QED) is 0.789. The van der Waals surface area contributed by atoms with Crippen LogP contribution in [0.5, 0.6) is 0 Å². The predicted molar refractivity (Wildman–Crippen MR) is 106 cm³/mol. The van der Waals surface area contributed by atoms with Crippen molar-refractivity contribution in [3.8, 4) is 0 Å². The van der Waals surface area contributed by atoms with Crippen molar-refractivity contribution in [2.45, 2.75) is 64.1 Å². The van der Waals surface area contributed by atoms with Gasteiger partial charge in [0.05, 0.1) is 6.61 Å². The number of allylic oxidation sites excluding steroid dienone is 1. The number of carbonyl (C=O) groups is 1. The number of aliphatic hydroxyl groups excluding tert-OH is 1. The Morgan fingerprint density at radius 1 is 1.27 bits per heavy atom. The van der Waals surface area contributed by atoms with Crippen LogP contribution >= 0.6 is 0 Å². The molecule has 142 valence electrons. The third-order valence-electron chi connectivity index (χ3n) is 5.93. The van der Waals surface area contributed by atoms with Gasteiger partial charge in [0.15, 0.2) is 0 Å². The zero-order chi connectivity index (χ0) is 18.7. The van der Waals surface area contributed by atoms with Crippen molar-refractivity contribution >= 4 is 12.0 Å². The van der Waals surface area contributed by atoms with Crippen LogP contribution in [0.3, 0.4) is 0 Å². The lowest BCUT2D eigenvalue weighted by molar-refractivity contribution is -0.141. The van der Waals surface area contributed by atoms with Crippen LogP contribution in [0.4, 0.5) is 0 Å². The van der Waals surface area contributed by atoms with Gasteiger partial charge in [0.1, 0.15) is 0 Å². The first-order valence-corrected chi connectivity index (χ1v) is 9.95. The summed E-state index contributed by atoms with van der Waals surface area (Å²) < 4.78 is 0. The first-order chi connectivity index (χ1) is 12.5. The van der Waals surface area contributed by atoms with E-state index in [9.17, 15) is 9.90 Å². The molecule has 1 saturated heterocycles. The summed E-state index contributed by atoms with van der Waals surface area (Å²) in [5, 5.41) is 13.2. The summed E-state index contributed by atoms with van der Waals surface area (Å²) in [6, 6.07) is 9.04. The highest BCUT2D eigenvalue weighted by atomic mass is 16.3. The van der Waals surface area contributed by atoms with E-state index >= 15 is 0 Å². The molecule has 2 fully saturated rings. The van der Waals surface area contributed by atoms with Gasteiger partial charge in [-0.2, -0.15) is 0 Å². The Bertz CT molecular complexity index is 634. The maximum absolute atomic E-state index is 12.8. The van der Waals surface area contributed by atoms with Crippen molar-refractivity contribution in [1.82, 2.24) is 10.2 Å². The Hall–Kier alpha value is -1.65. The minimum absolute atomic E-state index is 0.0698. The summed E-state index contributed by atoms with van der Waals surface area (Å²) in [5.74, 6) is 0.780. The Kier molecular flexibility index (Phi) is 6.15. The fraction of sp³-hybridized carbons (Fsp3) is 0.591. The highest BCUT2D eigenvalue weighted by molar-refractivity contribution is 5.80. The van der Waals surface area contributed by atoms with Crippen molar-refractivity contribution in [3.05, 3.63) is 41.5 Å². The average Bonchev–Trinajstić information content (AvgIpc) is 2.54. The minimum Gasteiger partial charge on any atom is -0.395 e. The van der Waals surface area contributed by atoms with Crippen LogP contribution in [0.1, 0.15) is 57.1 Å². The lowest BCUT2D eigenvalue weighted by Crippen LogP contribution is -2.66. The SMILES string of the molecule is C/C=C/c1ccc([C@H]2[C@H](CO)N[C@H]2CN(C(=O)C2CCC2)C(C)C)cc1. The molecule has 2 aliphatic rings. The molecule has 0 aromatic heterocycles. The molecule has 26 heavy (non-hydrogen) atoms. The molecule has 4 heteroatoms. The van der Waals surface area contributed by atoms with E-state index in [2.05, 4.69) is 49.5 Å². The molecule has 3 atom stereocenters. The van der Waals surface area contributed by atoms with E-state index in [-0.39, 0.29) is 36.6 Å². The zero-order valence-corrected chi connectivity index (χ0v) is 16.2. The fourth-order valence-corrected chi connectivity index (χ4v) is 4.12. The highest BCUT2D eigenvalue weighted by Crippen LogP contribution is 2.35. The number of benzene rings is 1. The molecule has 0 spiro atoms. The standard InChI is InChI=1S/C22H32N2O2/c1-4-6-16-9-11-17(12-10-16)21-19(23-20(21)14-25)13-24(15(2)3)22(26)18-7-5-8-18/h4,6,9-12,15,18-21,23,25H,5,7-8,13-14H2,1-3H3/b6-4+/t19-,20-,21+/m0/s1.